The number of aromatic amines is 1. The third-order valence-corrected chi connectivity index (χ3v) is 5.56. The van der Waals surface area contributed by atoms with Crippen molar-refractivity contribution in [1.29, 1.82) is 0 Å². The topological polar surface area (TPSA) is 91.7 Å². The summed E-state index contributed by atoms with van der Waals surface area (Å²) in [5.41, 5.74) is 3.47. The number of urea groups is 1. The smallest absolute Gasteiger partial charge is 0.317 e. The monoisotopic (exact) mass is 461 g/mol. The molecule has 176 valence electrons. The summed E-state index contributed by atoms with van der Waals surface area (Å²) in [7, 11) is 1.80. The summed E-state index contributed by atoms with van der Waals surface area (Å²) in [5, 5.41) is 10.2. The number of carbonyl (C=O) groups excluding carboxylic acids is 1. The van der Waals surface area contributed by atoms with Crippen LogP contribution >= 0.6 is 0 Å². The van der Waals surface area contributed by atoms with Gasteiger partial charge in [0, 0.05) is 50.0 Å². The Labute approximate surface area is 197 Å². The van der Waals surface area contributed by atoms with Crippen molar-refractivity contribution in [2.24, 2.45) is 0 Å². The van der Waals surface area contributed by atoms with Gasteiger partial charge in [-0.1, -0.05) is 24.6 Å². The molecule has 4 rings (SSSR count). The van der Waals surface area contributed by atoms with E-state index >= 15 is 0 Å². The number of halogens is 1. The molecule has 1 aromatic carbocycles. The zero-order valence-corrected chi connectivity index (χ0v) is 19.1. The number of carbonyl (C=O) groups is 1. The van der Waals surface area contributed by atoms with Gasteiger partial charge in [-0.15, -0.1) is 0 Å². The molecule has 0 saturated heterocycles. The molecule has 0 radical (unpaired) electrons. The molecule has 0 aliphatic rings. The third-order valence-electron chi connectivity index (χ3n) is 5.56. The Hall–Kier alpha value is -4.01. The number of nitrogens with zero attached hydrogens (tertiary/aromatic N) is 5. The highest BCUT2D eigenvalue weighted by Crippen LogP contribution is 2.19. The average Bonchev–Trinajstić information content (AvgIpc) is 3.55. The van der Waals surface area contributed by atoms with Gasteiger partial charge in [0.05, 0.1) is 5.69 Å². The van der Waals surface area contributed by atoms with Gasteiger partial charge in [0.15, 0.2) is 0 Å². The molecule has 0 fully saturated rings. The summed E-state index contributed by atoms with van der Waals surface area (Å²) < 4.78 is 15.2. The quantitative estimate of drug-likeness (QED) is 0.344. The minimum atomic E-state index is -0.268. The number of aryl methyl sites for hydroxylation is 1. The fraction of sp³-hybridized carbons (Fsp3) is 0.280. The van der Waals surface area contributed by atoms with Crippen molar-refractivity contribution >= 4 is 6.03 Å². The highest BCUT2D eigenvalue weighted by Gasteiger charge is 2.09. The molecule has 3 aromatic heterocycles. The Morgan fingerprint density at radius 3 is 2.85 bits per heavy atom. The van der Waals surface area contributed by atoms with E-state index in [1.165, 1.54) is 12.1 Å². The minimum absolute atomic E-state index is 0.105. The highest BCUT2D eigenvalue weighted by molar-refractivity contribution is 5.73. The molecule has 34 heavy (non-hydrogen) atoms. The van der Waals surface area contributed by atoms with E-state index in [1.54, 1.807) is 36.7 Å². The largest absolute Gasteiger partial charge is 0.334 e. The molecule has 3 heterocycles. The lowest BCUT2D eigenvalue weighted by Crippen LogP contribution is -2.37. The third kappa shape index (κ3) is 6.28. The molecule has 4 aromatic rings. The number of aromatic nitrogens is 5. The van der Waals surface area contributed by atoms with Crippen molar-refractivity contribution in [2.45, 2.75) is 32.2 Å². The Balaban J connectivity index is 1.13. The number of H-pyrrole nitrogens is 1. The molecule has 0 bridgehead atoms. The first-order chi connectivity index (χ1) is 16.6. The second-order valence-electron chi connectivity index (χ2n) is 8.17. The number of hydrogen-bond donors (Lipinski definition) is 2. The number of rotatable bonds is 10. The fourth-order valence-corrected chi connectivity index (χ4v) is 3.61. The van der Waals surface area contributed by atoms with Crippen LogP contribution in [-0.4, -0.2) is 49.3 Å². The summed E-state index contributed by atoms with van der Waals surface area (Å²) in [6, 6.07) is 12.1. The van der Waals surface area contributed by atoms with Gasteiger partial charge in [0.1, 0.15) is 18.0 Å². The van der Waals surface area contributed by atoms with Gasteiger partial charge in [-0.3, -0.25) is 9.67 Å². The molecule has 0 aliphatic heterocycles. The number of pyridine rings is 1. The van der Waals surface area contributed by atoms with Crippen LogP contribution in [-0.2, 0) is 13.0 Å². The van der Waals surface area contributed by atoms with Crippen LogP contribution in [0.15, 0.2) is 67.4 Å². The maximum absolute atomic E-state index is 13.4. The first kappa shape index (κ1) is 23.2. The van der Waals surface area contributed by atoms with E-state index in [1.807, 2.05) is 35.0 Å². The lowest BCUT2D eigenvalue weighted by atomic mass is 10.1. The lowest BCUT2D eigenvalue weighted by molar-refractivity contribution is 0.207. The van der Waals surface area contributed by atoms with E-state index in [-0.39, 0.29) is 11.8 Å². The Morgan fingerprint density at radius 1 is 1.18 bits per heavy atom. The van der Waals surface area contributed by atoms with Crippen molar-refractivity contribution < 1.29 is 9.18 Å². The summed E-state index contributed by atoms with van der Waals surface area (Å²) >= 11 is 0. The lowest BCUT2D eigenvalue weighted by Gasteiger charge is -2.18. The first-order valence-electron chi connectivity index (χ1n) is 11.3. The van der Waals surface area contributed by atoms with E-state index in [2.05, 4.69) is 25.5 Å². The van der Waals surface area contributed by atoms with Gasteiger partial charge in [0.2, 0.25) is 0 Å². The van der Waals surface area contributed by atoms with Crippen LogP contribution < -0.4 is 5.32 Å². The SMILES string of the molecule is CN(CCCCCc1cc(-c2cccc(F)c2)n[nH]1)C(=O)NCc1ccc(-n2ccnc2)nc1. The average molecular weight is 462 g/mol. The number of nitrogens with one attached hydrogen (secondary N) is 2. The minimum Gasteiger partial charge on any atom is -0.334 e. The van der Waals surface area contributed by atoms with Crippen LogP contribution in [0.4, 0.5) is 9.18 Å². The van der Waals surface area contributed by atoms with E-state index in [9.17, 15) is 9.18 Å². The molecule has 2 N–H and O–H groups in total. The molecular weight excluding hydrogens is 433 g/mol. The second-order valence-corrected chi connectivity index (χ2v) is 8.17. The van der Waals surface area contributed by atoms with Gasteiger partial charge in [-0.05, 0) is 49.1 Å². The van der Waals surface area contributed by atoms with E-state index in [4.69, 9.17) is 0 Å². The standard InChI is InChI=1S/C25H28FN7O/c1-32(25(34)29-17-19-9-10-24(28-16-19)33-13-11-27-18-33)12-4-2-3-8-22-15-23(31-30-22)20-6-5-7-21(26)14-20/h5-7,9-11,13-16,18H,2-4,8,12,17H2,1H3,(H,29,34)(H,30,31). The number of unbranched alkanes of at least 4 members (excludes halogenated alkanes) is 2. The normalized spacial score (nSPS) is 10.9. The zero-order valence-electron chi connectivity index (χ0n) is 19.1. The van der Waals surface area contributed by atoms with Gasteiger partial charge in [0.25, 0.3) is 0 Å². The fourth-order valence-electron chi connectivity index (χ4n) is 3.61. The van der Waals surface area contributed by atoms with Crippen molar-refractivity contribution in [3.8, 4) is 17.1 Å². The molecule has 0 atom stereocenters. The van der Waals surface area contributed by atoms with Crippen LogP contribution in [0.3, 0.4) is 0 Å². The molecule has 0 spiro atoms. The summed E-state index contributed by atoms with van der Waals surface area (Å²) in [4.78, 5) is 22.5. The molecule has 0 unspecified atom stereocenters. The van der Waals surface area contributed by atoms with Crippen molar-refractivity contribution in [3.05, 3.63) is 84.5 Å². The summed E-state index contributed by atoms with van der Waals surface area (Å²) in [6.07, 6.45) is 10.7. The van der Waals surface area contributed by atoms with Gasteiger partial charge < -0.3 is 10.2 Å². The van der Waals surface area contributed by atoms with Gasteiger partial charge in [-0.2, -0.15) is 5.10 Å². The maximum Gasteiger partial charge on any atom is 0.317 e. The van der Waals surface area contributed by atoms with Crippen molar-refractivity contribution in [1.82, 2.24) is 34.9 Å². The second kappa shape index (κ2) is 11.2. The van der Waals surface area contributed by atoms with E-state index in [0.29, 0.717) is 13.1 Å². The summed E-state index contributed by atoms with van der Waals surface area (Å²) in [6.45, 7) is 1.11. The van der Waals surface area contributed by atoms with Crippen LogP contribution in [0.2, 0.25) is 0 Å². The van der Waals surface area contributed by atoms with Crippen LogP contribution in [0.5, 0.6) is 0 Å². The molecule has 9 heteroatoms. The maximum atomic E-state index is 13.4. The Kier molecular flexibility index (Phi) is 7.64. The zero-order chi connectivity index (χ0) is 23.8. The summed E-state index contributed by atoms with van der Waals surface area (Å²) in [5.74, 6) is 0.514. The van der Waals surface area contributed by atoms with E-state index < -0.39 is 0 Å². The highest BCUT2D eigenvalue weighted by atomic mass is 19.1. The van der Waals surface area contributed by atoms with Crippen molar-refractivity contribution in [3.63, 3.8) is 0 Å². The van der Waals surface area contributed by atoms with Crippen LogP contribution in [0, 0.1) is 5.82 Å². The van der Waals surface area contributed by atoms with Gasteiger partial charge in [-0.25, -0.2) is 19.2 Å². The van der Waals surface area contributed by atoms with E-state index in [0.717, 1.165) is 54.0 Å². The predicted molar refractivity (Wildman–Crippen MR) is 128 cm³/mol. The molecule has 0 saturated carbocycles. The Bertz CT molecular complexity index is 1190. The number of amides is 2. The number of imidazole rings is 1. The number of benzene rings is 1. The molecule has 2 amide bonds. The first-order valence-corrected chi connectivity index (χ1v) is 11.3. The molecule has 0 aliphatic carbocycles. The Morgan fingerprint density at radius 2 is 2.09 bits per heavy atom. The number of hydrogen-bond acceptors (Lipinski definition) is 4. The van der Waals surface area contributed by atoms with Crippen LogP contribution in [0.1, 0.15) is 30.5 Å². The predicted octanol–water partition coefficient (Wildman–Crippen LogP) is 4.35. The molecule has 8 nitrogen and oxygen atoms in total. The van der Waals surface area contributed by atoms with Crippen LogP contribution in [0.25, 0.3) is 17.1 Å². The van der Waals surface area contributed by atoms with Gasteiger partial charge >= 0.3 is 6.03 Å². The molecular formula is C25H28FN7O. The van der Waals surface area contributed by atoms with Crippen molar-refractivity contribution in [2.75, 3.05) is 13.6 Å².